The highest BCUT2D eigenvalue weighted by Gasteiger charge is 2.18. The number of anilines is 3. The van der Waals surface area contributed by atoms with Gasteiger partial charge in [0.05, 0.1) is 27.7 Å². The molecule has 272 valence electrons. The van der Waals surface area contributed by atoms with E-state index >= 15 is 0 Å². The van der Waals surface area contributed by atoms with Gasteiger partial charge in [0.2, 0.25) is 0 Å². The minimum absolute atomic E-state index is 0.0864. The molecule has 0 amide bonds. The molecule has 10 aromatic carbocycles. The maximum atomic E-state index is 9.79. The maximum Gasteiger partial charge on any atom is 0.0645 e. The van der Waals surface area contributed by atoms with E-state index in [4.69, 9.17) is 0 Å². The van der Waals surface area contributed by atoms with E-state index in [1.165, 1.54) is 4.90 Å². The van der Waals surface area contributed by atoms with Gasteiger partial charge >= 0.3 is 0 Å². The minimum atomic E-state index is -0.406. The molecular formula is C56H38N2. The number of benzene rings is 10. The third-order valence-electron chi connectivity index (χ3n) is 11.0. The fraction of sp³-hybridized carbons (Fsp3) is 0. The molecule has 0 aliphatic carbocycles. The third-order valence-corrected chi connectivity index (χ3v) is 11.0. The fourth-order valence-corrected chi connectivity index (χ4v) is 8.25. The van der Waals surface area contributed by atoms with Crippen molar-refractivity contribution in [1.29, 1.82) is 0 Å². The van der Waals surface area contributed by atoms with Crippen molar-refractivity contribution < 1.29 is 11.0 Å². The summed E-state index contributed by atoms with van der Waals surface area (Å²) in [7, 11) is 0. The highest BCUT2D eigenvalue weighted by molar-refractivity contribution is 6.10. The molecular weight excluding hydrogens is 701 g/mol. The van der Waals surface area contributed by atoms with E-state index < -0.39 is 24.2 Å². The zero-order valence-electron chi connectivity index (χ0n) is 39.2. The highest BCUT2D eigenvalue weighted by Crippen LogP contribution is 2.41. The second-order valence-corrected chi connectivity index (χ2v) is 14.3. The molecule has 11 rings (SSSR count). The summed E-state index contributed by atoms with van der Waals surface area (Å²) in [6.45, 7) is 0. The first-order valence-corrected chi connectivity index (χ1v) is 19.3. The molecule has 0 aliphatic rings. The largest absolute Gasteiger partial charge is 0.311 e. The van der Waals surface area contributed by atoms with E-state index in [9.17, 15) is 11.0 Å². The smallest absolute Gasteiger partial charge is 0.0645 e. The van der Waals surface area contributed by atoms with E-state index in [0.29, 0.717) is 22.5 Å². The first-order chi connectivity index (χ1) is 32.1. The van der Waals surface area contributed by atoms with E-state index in [-0.39, 0.29) is 46.7 Å². The normalized spacial score (nSPS) is 13.4. The SMILES string of the molecule is [2H]c1c([2H])c(N(c2ccc(-c3cccc4ccccc34)cc2)c2c([2H])c([2H])c(-c3cccc4ccccc34)c([2H])c2[2H])c([2H])c([2H])c1-c1ccccc1-n1c2ccccc2c2ccccc21. The maximum absolute atomic E-state index is 9.79. The number of nitrogens with zero attached hydrogens (tertiary/aromatic N) is 2. The lowest BCUT2D eigenvalue weighted by molar-refractivity contribution is 1.18. The average Bonchev–Trinajstić information content (AvgIpc) is 3.69. The molecule has 11 aromatic rings. The monoisotopic (exact) mass is 746 g/mol. The third kappa shape index (κ3) is 5.74. The van der Waals surface area contributed by atoms with Crippen molar-refractivity contribution in [3.05, 3.63) is 230 Å². The number of fused-ring (bicyclic) bond motifs is 5. The van der Waals surface area contributed by atoms with Crippen molar-refractivity contribution in [2.45, 2.75) is 0 Å². The van der Waals surface area contributed by atoms with Gasteiger partial charge in [-0.2, -0.15) is 0 Å². The van der Waals surface area contributed by atoms with Crippen LogP contribution in [0.4, 0.5) is 17.1 Å². The molecule has 2 nitrogen and oxygen atoms in total. The molecule has 0 radical (unpaired) electrons. The lowest BCUT2D eigenvalue weighted by atomic mass is 9.97. The second kappa shape index (κ2) is 14.1. The quantitative estimate of drug-likeness (QED) is 0.158. The number of aromatic nitrogens is 1. The first-order valence-electron chi connectivity index (χ1n) is 23.3. The van der Waals surface area contributed by atoms with E-state index in [1.54, 1.807) is 24.3 Å². The molecule has 0 atom stereocenters. The molecule has 58 heavy (non-hydrogen) atoms. The summed E-state index contributed by atoms with van der Waals surface area (Å²) in [5.41, 5.74) is 5.52. The summed E-state index contributed by atoms with van der Waals surface area (Å²) in [5, 5.41) is 5.83. The van der Waals surface area contributed by atoms with E-state index in [1.807, 2.05) is 140 Å². The lowest BCUT2D eigenvalue weighted by Gasteiger charge is -2.26. The van der Waals surface area contributed by atoms with Crippen LogP contribution in [0.1, 0.15) is 11.0 Å². The van der Waals surface area contributed by atoms with Crippen LogP contribution in [0.3, 0.4) is 0 Å². The molecule has 0 unspecified atom stereocenters. The Morgan fingerprint density at radius 1 is 0.310 bits per heavy atom. The van der Waals surface area contributed by atoms with Crippen LogP contribution in [0.5, 0.6) is 0 Å². The van der Waals surface area contributed by atoms with Gasteiger partial charge in [-0.25, -0.2) is 0 Å². The predicted molar refractivity (Wildman–Crippen MR) is 247 cm³/mol. The first kappa shape index (κ1) is 26.2. The van der Waals surface area contributed by atoms with E-state index in [0.717, 1.165) is 54.5 Å². The molecule has 1 aromatic heterocycles. The molecule has 1 heterocycles. The van der Waals surface area contributed by atoms with Gasteiger partial charge < -0.3 is 9.47 Å². The van der Waals surface area contributed by atoms with Gasteiger partial charge in [-0.3, -0.25) is 0 Å². The Hall–Kier alpha value is -7.68. The van der Waals surface area contributed by atoms with Crippen LogP contribution >= 0.6 is 0 Å². The van der Waals surface area contributed by atoms with Gasteiger partial charge in [-0.15, -0.1) is 0 Å². The summed E-state index contributed by atoms with van der Waals surface area (Å²) in [6, 6.07) is 55.3. The van der Waals surface area contributed by atoms with Gasteiger partial charge in [0, 0.05) is 33.4 Å². The molecule has 0 aliphatic heterocycles. The fourth-order valence-electron chi connectivity index (χ4n) is 8.25. The molecule has 0 saturated carbocycles. The molecule has 2 heteroatoms. The number of para-hydroxylation sites is 3. The van der Waals surface area contributed by atoms with Crippen molar-refractivity contribution in [2.24, 2.45) is 0 Å². The van der Waals surface area contributed by atoms with Crippen LogP contribution in [-0.4, -0.2) is 4.57 Å². The summed E-state index contributed by atoms with van der Waals surface area (Å²) in [6.07, 6.45) is 0. The zero-order valence-corrected chi connectivity index (χ0v) is 31.2. The van der Waals surface area contributed by atoms with Crippen LogP contribution in [-0.2, 0) is 0 Å². The van der Waals surface area contributed by atoms with Crippen molar-refractivity contribution in [3.8, 4) is 39.1 Å². The van der Waals surface area contributed by atoms with Gasteiger partial charge in [0.1, 0.15) is 0 Å². The van der Waals surface area contributed by atoms with Gasteiger partial charge in [0.15, 0.2) is 0 Å². The lowest BCUT2D eigenvalue weighted by Crippen LogP contribution is -2.09. The van der Waals surface area contributed by atoms with Crippen LogP contribution in [0.2, 0.25) is 0 Å². The van der Waals surface area contributed by atoms with Crippen LogP contribution in [0.25, 0.3) is 82.4 Å². The molecule has 0 fully saturated rings. The van der Waals surface area contributed by atoms with Crippen molar-refractivity contribution in [1.82, 2.24) is 4.57 Å². The van der Waals surface area contributed by atoms with Gasteiger partial charge in [-0.05, 0) is 104 Å². The second-order valence-electron chi connectivity index (χ2n) is 14.3. The van der Waals surface area contributed by atoms with Crippen LogP contribution in [0.15, 0.2) is 230 Å². The Morgan fingerprint density at radius 3 is 1.29 bits per heavy atom. The molecule has 0 bridgehead atoms. The molecule has 0 N–H and O–H groups in total. The standard InChI is InChI=1S/C56H38N2/c1-3-17-47-39(13-1)15-11-22-49(47)41-27-33-44(34-28-41)57(45-35-29-42(30-36-45)50-23-12-16-40-14-2-4-18-48(40)50)46-37-31-43(32-38-46)51-19-5-8-24-54(51)58-55-25-9-6-20-52(55)53-21-7-10-26-56(53)58/h1-38H/i27D,28D,31D,32D,33D,34D,37D,38D. The summed E-state index contributed by atoms with van der Waals surface area (Å²) in [5.74, 6) is 0. The Balaban J connectivity index is 1.15. The average molecular weight is 747 g/mol. The molecule has 0 saturated heterocycles. The van der Waals surface area contributed by atoms with Crippen molar-refractivity contribution in [2.75, 3.05) is 4.90 Å². The van der Waals surface area contributed by atoms with Crippen molar-refractivity contribution in [3.63, 3.8) is 0 Å². The number of hydrogen-bond donors (Lipinski definition) is 0. The Morgan fingerprint density at radius 2 is 0.724 bits per heavy atom. The van der Waals surface area contributed by atoms with Crippen molar-refractivity contribution >= 4 is 60.4 Å². The Labute approximate surface area is 349 Å². The summed E-state index contributed by atoms with van der Waals surface area (Å²) >= 11 is 0. The highest BCUT2D eigenvalue weighted by atomic mass is 15.1. The molecule has 0 spiro atoms. The minimum Gasteiger partial charge on any atom is -0.311 e. The number of rotatable bonds is 7. The van der Waals surface area contributed by atoms with E-state index in [2.05, 4.69) is 22.8 Å². The number of hydrogen-bond acceptors (Lipinski definition) is 1. The summed E-state index contributed by atoms with van der Waals surface area (Å²) < 4.78 is 79.4. The zero-order chi connectivity index (χ0) is 45.4. The summed E-state index contributed by atoms with van der Waals surface area (Å²) in [4.78, 5) is 1.36. The van der Waals surface area contributed by atoms with Crippen LogP contribution in [0, 0.1) is 0 Å². The Kier molecular flexibility index (Phi) is 6.38. The topological polar surface area (TPSA) is 8.17 Å². The predicted octanol–water partition coefficient (Wildman–Crippen LogP) is 15.6. The van der Waals surface area contributed by atoms with Gasteiger partial charge in [-0.1, -0.05) is 176 Å². The van der Waals surface area contributed by atoms with Crippen LogP contribution < -0.4 is 4.90 Å². The van der Waals surface area contributed by atoms with Gasteiger partial charge in [0.25, 0.3) is 0 Å². The Bertz CT molecular complexity index is 3640.